The maximum atomic E-state index is 13.9. The first-order chi connectivity index (χ1) is 18.8. The Bertz CT molecular complexity index is 1630. The van der Waals surface area contributed by atoms with Crippen LogP contribution in [0, 0.1) is 10.1 Å². The zero-order chi connectivity index (χ0) is 27.7. The lowest BCUT2D eigenvalue weighted by Gasteiger charge is -2.34. The monoisotopic (exact) mass is 547 g/mol. The Balaban J connectivity index is 1.69. The summed E-state index contributed by atoms with van der Waals surface area (Å²) in [5.74, 6) is -0.516. The molecule has 202 valence electrons. The van der Waals surface area contributed by atoms with Gasteiger partial charge in [-0.25, -0.2) is 9.79 Å². The van der Waals surface area contributed by atoms with Gasteiger partial charge in [0.05, 0.1) is 33.4 Å². The molecule has 0 amide bonds. The number of nitrogens with zero attached hydrogens (tertiary/aromatic N) is 5. The number of nitro groups is 1. The second-order valence-electron chi connectivity index (χ2n) is 9.50. The molecular weight excluding hydrogens is 518 g/mol. The third kappa shape index (κ3) is 5.15. The number of non-ortho nitro benzene ring substituents is 1. The highest BCUT2D eigenvalue weighted by molar-refractivity contribution is 7.07. The molecule has 0 N–H and O–H groups in total. The quantitative estimate of drug-likeness (QED) is 0.265. The van der Waals surface area contributed by atoms with Crippen molar-refractivity contribution in [2.24, 2.45) is 4.99 Å². The highest BCUT2D eigenvalue weighted by Gasteiger charge is 2.33. The molecular formula is C28H29N5O5S. The van der Waals surface area contributed by atoms with Gasteiger partial charge in [0.1, 0.15) is 0 Å². The SMILES string of the molecule is CCOC(=O)C1=C(C)N=c2s/c(=C/c3cc([N+](=O)[O-])ccc3N3CCN(C)CC3)c(=O)n2[C@@H]1c1ccccc1. The first-order valence-corrected chi connectivity index (χ1v) is 13.6. The second-order valence-corrected chi connectivity index (χ2v) is 10.5. The Morgan fingerprint density at radius 3 is 2.56 bits per heavy atom. The number of anilines is 1. The average Bonchev–Trinajstić information content (AvgIpc) is 3.23. The van der Waals surface area contributed by atoms with Crippen molar-refractivity contribution in [1.82, 2.24) is 9.47 Å². The summed E-state index contributed by atoms with van der Waals surface area (Å²) in [6.07, 6.45) is 1.70. The topological polar surface area (TPSA) is 110 Å². The third-order valence-electron chi connectivity index (χ3n) is 6.98. The normalized spacial score (nSPS) is 18.1. The Morgan fingerprint density at radius 1 is 1.18 bits per heavy atom. The molecule has 2 aliphatic rings. The van der Waals surface area contributed by atoms with Crippen LogP contribution >= 0.6 is 11.3 Å². The fourth-order valence-electron chi connectivity index (χ4n) is 4.99. The number of aromatic nitrogens is 1. The number of piperazine rings is 1. The summed E-state index contributed by atoms with van der Waals surface area (Å²) in [6, 6.07) is 13.4. The molecule has 1 fully saturated rings. The number of hydrogen-bond acceptors (Lipinski definition) is 9. The molecule has 0 saturated carbocycles. The van der Waals surface area contributed by atoms with Crippen LogP contribution in [0.25, 0.3) is 6.08 Å². The van der Waals surface area contributed by atoms with Crippen molar-refractivity contribution in [2.45, 2.75) is 19.9 Å². The summed E-state index contributed by atoms with van der Waals surface area (Å²) in [7, 11) is 2.06. The molecule has 5 rings (SSSR count). The second kappa shape index (κ2) is 11.0. The van der Waals surface area contributed by atoms with Gasteiger partial charge in [0.25, 0.3) is 11.2 Å². The van der Waals surface area contributed by atoms with E-state index in [1.54, 1.807) is 26.0 Å². The van der Waals surface area contributed by atoms with E-state index in [1.807, 2.05) is 30.3 Å². The zero-order valence-electron chi connectivity index (χ0n) is 22.0. The van der Waals surface area contributed by atoms with E-state index in [2.05, 4.69) is 21.8 Å². The van der Waals surface area contributed by atoms with E-state index in [4.69, 9.17) is 4.74 Å². The Hall–Kier alpha value is -4.09. The van der Waals surface area contributed by atoms with Crippen LogP contribution in [-0.2, 0) is 9.53 Å². The summed E-state index contributed by atoms with van der Waals surface area (Å²) in [4.78, 5) is 47.6. The van der Waals surface area contributed by atoms with E-state index in [0.717, 1.165) is 37.4 Å². The number of allylic oxidation sites excluding steroid dienone is 1. The number of ether oxygens (including phenoxy) is 1. The summed E-state index contributed by atoms with van der Waals surface area (Å²) in [5.41, 5.74) is 2.63. The fraction of sp³-hybridized carbons (Fsp3) is 0.321. The van der Waals surface area contributed by atoms with Crippen LogP contribution in [0.1, 0.15) is 31.0 Å². The maximum absolute atomic E-state index is 13.9. The van der Waals surface area contributed by atoms with E-state index >= 15 is 0 Å². The van der Waals surface area contributed by atoms with Gasteiger partial charge in [0.2, 0.25) is 0 Å². The minimum absolute atomic E-state index is 0.0468. The number of likely N-dealkylation sites (N-methyl/N-ethyl adjacent to an activating group) is 1. The molecule has 2 aliphatic heterocycles. The molecule has 1 saturated heterocycles. The fourth-order valence-corrected chi connectivity index (χ4v) is 6.03. The summed E-state index contributed by atoms with van der Waals surface area (Å²) < 4.78 is 7.24. The van der Waals surface area contributed by atoms with Crippen molar-refractivity contribution in [1.29, 1.82) is 0 Å². The van der Waals surface area contributed by atoms with E-state index in [0.29, 0.717) is 26.2 Å². The number of carbonyl (C=O) groups is 1. The van der Waals surface area contributed by atoms with Gasteiger partial charge < -0.3 is 14.5 Å². The summed E-state index contributed by atoms with van der Waals surface area (Å²) in [5, 5.41) is 11.6. The third-order valence-corrected chi connectivity index (χ3v) is 7.97. The molecule has 39 heavy (non-hydrogen) atoms. The Labute approximate surface area is 228 Å². The van der Waals surface area contributed by atoms with Crippen LogP contribution in [0.5, 0.6) is 0 Å². The first kappa shape index (κ1) is 26.5. The van der Waals surface area contributed by atoms with Crippen LogP contribution in [0.2, 0.25) is 0 Å². The van der Waals surface area contributed by atoms with Crippen LogP contribution in [0.15, 0.2) is 69.6 Å². The van der Waals surface area contributed by atoms with Gasteiger partial charge >= 0.3 is 5.97 Å². The standard InChI is InChI=1S/C28H29N5O5S/c1-4-38-27(35)24-18(2)29-28-32(25(24)19-8-6-5-7-9-19)26(34)23(39-28)17-20-16-21(33(36)37)10-11-22(20)31-14-12-30(3)13-15-31/h5-11,16-17,25H,4,12-15H2,1-3H3/b23-17+/t25-/m1/s1. The molecule has 0 bridgehead atoms. The molecule has 2 aromatic carbocycles. The minimum Gasteiger partial charge on any atom is -0.463 e. The minimum atomic E-state index is -0.703. The predicted molar refractivity (Wildman–Crippen MR) is 150 cm³/mol. The molecule has 3 heterocycles. The molecule has 1 aromatic heterocycles. The smallest absolute Gasteiger partial charge is 0.338 e. The molecule has 11 heteroatoms. The van der Waals surface area contributed by atoms with Crippen molar-refractivity contribution in [3.05, 3.63) is 101 Å². The highest BCUT2D eigenvalue weighted by atomic mass is 32.1. The van der Waals surface area contributed by atoms with Crippen LogP contribution in [0.4, 0.5) is 11.4 Å². The predicted octanol–water partition coefficient (Wildman–Crippen LogP) is 2.46. The van der Waals surface area contributed by atoms with E-state index in [1.165, 1.54) is 28.0 Å². The van der Waals surface area contributed by atoms with Gasteiger partial charge in [0.15, 0.2) is 4.80 Å². The number of thiazole rings is 1. The number of rotatable bonds is 6. The molecule has 0 aliphatic carbocycles. The van der Waals surface area contributed by atoms with Gasteiger partial charge in [-0.15, -0.1) is 0 Å². The van der Waals surface area contributed by atoms with E-state index in [9.17, 15) is 19.7 Å². The summed E-state index contributed by atoms with van der Waals surface area (Å²) in [6.45, 7) is 6.95. The van der Waals surface area contributed by atoms with Gasteiger partial charge in [-0.05, 0) is 38.6 Å². The Kier molecular flexibility index (Phi) is 7.45. The molecule has 1 atom stereocenters. The highest BCUT2D eigenvalue weighted by Crippen LogP contribution is 2.31. The van der Waals surface area contributed by atoms with Crippen molar-refractivity contribution in [2.75, 3.05) is 44.7 Å². The van der Waals surface area contributed by atoms with Gasteiger partial charge in [-0.2, -0.15) is 0 Å². The number of esters is 1. The number of benzene rings is 2. The largest absolute Gasteiger partial charge is 0.463 e. The van der Waals surface area contributed by atoms with Crippen molar-refractivity contribution in [3.63, 3.8) is 0 Å². The van der Waals surface area contributed by atoms with Gasteiger partial charge in [0, 0.05) is 49.6 Å². The van der Waals surface area contributed by atoms with Crippen molar-refractivity contribution >= 4 is 34.8 Å². The molecule has 0 spiro atoms. The molecule has 10 nitrogen and oxygen atoms in total. The zero-order valence-corrected chi connectivity index (χ0v) is 22.8. The lowest BCUT2D eigenvalue weighted by atomic mass is 9.96. The van der Waals surface area contributed by atoms with Crippen molar-refractivity contribution in [3.8, 4) is 0 Å². The lowest BCUT2D eigenvalue weighted by Crippen LogP contribution is -2.44. The lowest BCUT2D eigenvalue weighted by molar-refractivity contribution is -0.384. The summed E-state index contributed by atoms with van der Waals surface area (Å²) >= 11 is 1.20. The number of carbonyl (C=O) groups excluding carboxylic acids is 1. The van der Waals surface area contributed by atoms with Gasteiger partial charge in [-0.3, -0.25) is 19.5 Å². The average molecular weight is 548 g/mol. The maximum Gasteiger partial charge on any atom is 0.338 e. The molecule has 3 aromatic rings. The van der Waals surface area contributed by atoms with E-state index < -0.39 is 16.9 Å². The first-order valence-electron chi connectivity index (χ1n) is 12.7. The molecule has 0 unspecified atom stereocenters. The van der Waals surface area contributed by atoms with Crippen LogP contribution in [-0.4, -0.2) is 60.2 Å². The Morgan fingerprint density at radius 2 is 1.90 bits per heavy atom. The van der Waals surface area contributed by atoms with Crippen LogP contribution < -0.4 is 19.8 Å². The molecule has 0 radical (unpaired) electrons. The number of fused-ring (bicyclic) bond motifs is 1. The number of hydrogen-bond donors (Lipinski definition) is 0. The van der Waals surface area contributed by atoms with Crippen LogP contribution in [0.3, 0.4) is 0 Å². The number of nitro benzene ring substituents is 1. The van der Waals surface area contributed by atoms with Crippen molar-refractivity contribution < 1.29 is 14.5 Å². The van der Waals surface area contributed by atoms with E-state index in [-0.39, 0.29) is 17.9 Å². The van der Waals surface area contributed by atoms with Gasteiger partial charge in [-0.1, -0.05) is 41.7 Å².